The highest BCUT2D eigenvalue weighted by Crippen LogP contribution is 2.44. The Bertz CT molecular complexity index is 1040. The zero-order valence-corrected chi connectivity index (χ0v) is 16.7. The van der Waals surface area contributed by atoms with Crippen LogP contribution in [0.5, 0.6) is 28.7 Å². The van der Waals surface area contributed by atoms with E-state index in [-0.39, 0.29) is 22.6 Å². The van der Waals surface area contributed by atoms with Crippen LogP contribution in [0, 0.1) is 0 Å². The lowest BCUT2D eigenvalue weighted by Gasteiger charge is -2.42. The van der Waals surface area contributed by atoms with Gasteiger partial charge in [-0.15, -0.1) is 0 Å². The second-order valence-electron chi connectivity index (χ2n) is 7.73. The van der Waals surface area contributed by atoms with Crippen molar-refractivity contribution in [2.75, 3.05) is 0 Å². The van der Waals surface area contributed by atoms with Crippen molar-refractivity contribution in [3.05, 3.63) is 41.5 Å². The van der Waals surface area contributed by atoms with E-state index in [2.05, 4.69) is 0 Å². The molecule has 7 atom stereocenters. The maximum absolute atomic E-state index is 13.3. The number of hydrogen-bond donors (Lipinski definition) is 7. The van der Waals surface area contributed by atoms with Crippen LogP contribution in [-0.2, 0) is 9.47 Å². The molecule has 2 aliphatic rings. The van der Waals surface area contributed by atoms with Crippen molar-refractivity contribution in [2.24, 2.45) is 0 Å². The second kappa shape index (κ2) is 8.11. The van der Waals surface area contributed by atoms with Crippen LogP contribution in [0.15, 0.2) is 30.3 Å². The molecule has 0 amide bonds. The van der Waals surface area contributed by atoms with Gasteiger partial charge < -0.3 is 50.0 Å². The number of fused-ring (bicyclic) bond motifs is 1. The maximum atomic E-state index is 13.3. The topological polar surface area (TPSA) is 186 Å². The van der Waals surface area contributed by atoms with E-state index in [0.717, 1.165) is 18.2 Å². The molecule has 172 valence electrons. The molecule has 0 unspecified atom stereocenters. The number of aliphatic hydroxyl groups is 3. The second-order valence-corrected chi connectivity index (χ2v) is 7.73. The first-order valence-corrected chi connectivity index (χ1v) is 9.72. The molecule has 7 N–H and O–H groups in total. The average molecular weight is 450 g/mol. The molecule has 0 aliphatic carbocycles. The summed E-state index contributed by atoms with van der Waals surface area (Å²) >= 11 is 0. The van der Waals surface area contributed by atoms with E-state index < -0.39 is 65.9 Å². The highest BCUT2D eigenvalue weighted by atomic mass is 16.7. The van der Waals surface area contributed by atoms with Crippen molar-refractivity contribution in [3.8, 4) is 28.7 Å². The molecule has 4 rings (SSSR count). The van der Waals surface area contributed by atoms with Crippen LogP contribution >= 0.6 is 0 Å². The Balaban J connectivity index is 1.75. The number of Topliss-reactive ketones (excluding diaryl/α,β-unsaturated/α-hetero) is 1. The number of benzene rings is 2. The number of phenols is 4. The molecule has 0 bridgehead atoms. The largest absolute Gasteiger partial charge is 0.508 e. The van der Waals surface area contributed by atoms with Crippen molar-refractivity contribution in [3.63, 3.8) is 0 Å². The Labute approximate surface area is 181 Å². The van der Waals surface area contributed by atoms with Crippen LogP contribution in [0.3, 0.4) is 0 Å². The zero-order chi connectivity index (χ0) is 23.3. The van der Waals surface area contributed by atoms with Crippen molar-refractivity contribution < 1.29 is 54.8 Å². The Morgan fingerprint density at radius 2 is 1.59 bits per heavy atom. The van der Waals surface area contributed by atoms with Gasteiger partial charge in [-0.3, -0.25) is 4.79 Å². The standard InChI is InChI=1S/C21H22O11/c1-7-15(26)17(28)18(29)21(30-7)32-20-16(27)14-12(25)5-9(22)6-13(14)31-19(20)8-2-3-10(23)11(24)4-8/h2-7,15,17-26,28-29H,1H3/t7-,15+,17-,18-,19-,20+,21+/m1/s1. The highest BCUT2D eigenvalue weighted by molar-refractivity contribution is 6.05. The van der Waals surface area contributed by atoms with Gasteiger partial charge >= 0.3 is 0 Å². The van der Waals surface area contributed by atoms with Crippen molar-refractivity contribution >= 4 is 5.78 Å². The summed E-state index contributed by atoms with van der Waals surface area (Å²) in [4.78, 5) is 13.3. The summed E-state index contributed by atoms with van der Waals surface area (Å²) in [6.07, 6.45) is -10.0. The van der Waals surface area contributed by atoms with Crippen LogP contribution in [0.25, 0.3) is 0 Å². The van der Waals surface area contributed by atoms with Crippen LogP contribution in [0.2, 0.25) is 0 Å². The van der Waals surface area contributed by atoms with Gasteiger partial charge in [0.2, 0.25) is 5.78 Å². The van der Waals surface area contributed by atoms with Gasteiger partial charge in [0, 0.05) is 12.1 Å². The molecule has 2 aromatic carbocycles. The van der Waals surface area contributed by atoms with Gasteiger partial charge in [-0.1, -0.05) is 6.07 Å². The lowest BCUT2D eigenvalue weighted by molar-refractivity contribution is -0.304. The molecule has 1 saturated heterocycles. The first-order valence-electron chi connectivity index (χ1n) is 9.72. The van der Waals surface area contributed by atoms with Gasteiger partial charge in [0.15, 0.2) is 30.0 Å². The zero-order valence-electron chi connectivity index (χ0n) is 16.7. The number of carbonyl (C=O) groups is 1. The van der Waals surface area contributed by atoms with Crippen molar-refractivity contribution in [1.82, 2.24) is 0 Å². The summed E-state index contributed by atoms with van der Waals surface area (Å²) in [5.74, 6) is -2.79. The summed E-state index contributed by atoms with van der Waals surface area (Å²) < 4.78 is 16.9. The summed E-state index contributed by atoms with van der Waals surface area (Å²) in [7, 11) is 0. The SMILES string of the molecule is C[C@H]1O[C@@H](O[C@H]2C(=O)c3c(O)cc(O)cc3O[C@@H]2c2ccc(O)c(O)c2)[C@H](O)[C@H](O)[C@H]1O. The van der Waals surface area contributed by atoms with E-state index in [1.807, 2.05) is 0 Å². The monoisotopic (exact) mass is 450 g/mol. The molecular formula is C21H22O11. The molecule has 11 nitrogen and oxygen atoms in total. The number of ether oxygens (including phenoxy) is 3. The molecule has 0 saturated carbocycles. The maximum Gasteiger partial charge on any atom is 0.203 e. The van der Waals surface area contributed by atoms with E-state index in [1.165, 1.54) is 19.1 Å². The Hall–Kier alpha value is -3.09. The third-order valence-corrected chi connectivity index (χ3v) is 5.52. The number of carbonyl (C=O) groups excluding carboxylic acids is 1. The van der Waals surface area contributed by atoms with Gasteiger partial charge in [-0.25, -0.2) is 0 Å². The fourth-order valence-corrected chi connectivity index (χ4v) is 3.77. The quantitative estimate of drug-likeness (QED) is 0.313. The van der Waals surface area contributed by atoms with Crippen molar-refractivity contribution in [2.45, 2.75) is 49.8 Å². The third-order valence-electron chi connectivity index (χ3n) is 5.52. The predicted octanol–water partition coefficient (Wildman–Crippen LogP) is 0.0381. The molecular weight excluding hydrogens is 428 g/mol. The summed E-state index contributed by atoms with van der Waals surface area (Å²) in [6.45, 7) is 1.44. The lowest BCUT2D eigenvalue weighted by atomic mass is 9.92. The number of aliphatic hydroxyl groups excluding tert-OH is 3. The predicted molar refractivity (Wildman–Crippen MR) is 104 cm³/mol. The minimum absolute atomic E-state index is 0.154. The first-order chi connectivity index (χ1) is 15.1. The molecule has 11 heteroatoms. The lowest BCUT2D eigenvalue weighted by Crippen LogP contribution is -2.59. The number of phenolic OH excluding ortho intramolecular Hbond substituents is 4. The van der Waals surface area contributed by atoms with Gasteiger partial charge in [0.05, 0.1) is 6.10 Å². The van der Waals surface area contributed by atoms with E-state index in [1.54, 1.807) is 0 Å². The van der Waals surface area contributed by atoms with E-state index in [9.17, 15) is 40.5 Å². The summed E-state index contributed by atoms with van der Waals surface area (Å²) in [5, 5.41) is 69.7. The van der Waals surface area contributed by atoms with Gasteiger partial charge in [0.1, 0.15) is 41.1 Å². The molecule has 0 spiro atoms. The van der Waals surface area contributed by atoms with Gasteiger partial charge in [-0.05, 0) is 24.6 Å². The van der Waals surface area contributed by atoms with Crippen LogP contribution in [0.1, 0.15) is 28.9 Å². The van der Waals surface area contributed by atoms with Gasteiger partial charge in [0.25, 0.3) is 0 Å². The van der Waals surface area contributed by atoms with Crippen molar-refractivity contribution in [1.29, 1.82) is 0 Å². The fourth-order valence-electron chi connectivity index (χ4n) is 3.77. The molecule has 32 heavy (non-hydrogen) atoms. The number of aromatic hydroxyl groups is 4. The normalized spacial score (nSPS) is 32.2. The Kier molecular flexibility index (Phi) is 5.61. The first kappa shape index (κ1) is 22.1. The van der Waals surface area contributed by atoms with Crippen LogP contribution in [-0.4, -0.2) is 78.3 Å². The molecule has 0 radical (unpaired) electrons. The van der Waals surface area contributed by atoms with E-state index in [4.69, 9.17) is 14.2 Å². The smallest absolute Gasteiger partial charge is 0.203 e. The number of ketones is 1. The average Bonchev–Trinajstić information content (AvgIpc) is 2.73. The van der Waals surface area contributed by atoms with Crippen LogP contribution < -0.4 is 4.74 Å². The minimum Gasteiger partial charge on any atom is -0.508 e. The number of rotatable bonds is 3. The van der Waals surface area contributed by atoms with E-state index in [0.29, 0.717) is 0 Å². The molecule has 0 aromatic heterocycles. The Morgan fingerprint density at radius 1 is 0.875 bits per heavy atom. The van der Waals surface area contributed by atoms with Crippen LogP contribution in [0.4, 0.5) is 0 Å². The third kappa shape index (κ3) is 3.70. The fraction of sp³-hybridized carbons (Fsp3) is 0.381. The molecule has 2 heterocycles. The molecule has 2 aromatic rings. The minimum atomic E-state index is -1.71. The molecule has 2 aliphatic heterocycles. The Morgan fingerprint density at radius 3 is 2.28 bits per heavy atom. The number of hydrogen-bond acceptors (Lipinski definition) is 11. The summed E-state index contributed by atoms with van der Waals surface area (Å²) in [6, 6.07) is 5.72. The van der Waals surface area contributed by atoms with Gasteiger partial charge in [-0.2, -0.15) is 0 Å². The highest BCUT2D eigenvalue weighted by Gasteiger charge is 2.48. The summed E-state index contributed by atoms with van der Waals surface area (Å²) in [5.41, 5.74) is -0.1000. The van der Waals surface area contributed by atoms with E-state index >= 15 is 0 Å². The molecule has 1 fully saturated rings.